The van der Waals surface area contributed by atoms with Gasteiger partial charge in [0.25, 0.3) is 0 Å². The topological polar surface area (TPSA) is 21.3 Å². The molecule has 0 amide bonds. The Morgan fingerprint density at radius 3 is 2.34 bits per heavy atom. The van der Waals surface area contributed by atoms with Gasteiger partial charge < -0.3 is 9.74 Å². The Kier molecular flexibility index (Phi) is 5.41. The van der Waals surface area contributed by atoms with E-state index in [0.29, 0.717) is 6.04 Å². The molecule has 2 nitrogen and oxygen atoms in total. The van der Waals surface area contributed by atoms with Crippen LogP contribution in [0.25, 0.3) is 10.8 Å². The molecule has 0 fully saturated rings. The molecule has 3 aromatic rings. The molecule has 4 rings (SSSR count). The monoisotopic (exact) mass is 403 g/mol. The average Bonchev–Trinajstić information content (AvgIpc) is 2.70. The van der Waals surface area contributed by atoms with Gasteiger partial charge in [0.2, 0.25) is 0 Å². The highest BCUT2D eigenvalue weighted by atomic mass is 28.4. The SMILES string of the molecule is CC(C)(C)[Si](C)(C)OC[C@@H]1Cc2ccccc2[C@H](c2cccc3ccccc23)N1. The molecular formula is C26H33NOSi. The van der Waals surface area contributed by atoms with Crippen molar-refractivity contribution in [3.8, 4) is 0 Å². The van der Waals surface area contributed by atoms with E-state index in [1.54, 1.807) is 0 Å². The first kappa shape index (κ1) is 20.3. The molecular weight excluding hydrogens is 370 g/mol. The highest BCUT2D eigenvalue weighted by molar-refractivity contribution is 6.74. The van der Waals surface area contributed by atoms with E-state index in [2.05, 4.69) is 106 Å². The van der Waals surface area contributed by atoms with Gasteiger partial charge in [-0.1, -0.05) is 87.5 Å². The summed E-state index contributed by atoms with van der Waals surface area (Å²) in [7, 11) is -1.77. The molecule has 0 unspecified atom stereocenters. The van der Waals surface area contributed by atoms with E-state index in [4.69, 9.17) is 4.43 Å². The maximum Gasteiger partial charge on any atom is 0.192 e. The normalized spacial score (nSPS) is 19.9. The molecule has 0 bridgehead atoms. The second-order valence-electron chi connectivity index (χ2n) is 9.84. The second-order valence-corrected chi connectivity index (χ2v) is 14.6. The quantitative estimate of drug-likeness (QED) is 0.504. The minimum absolute atomic E-state index is 0.194. The van der Waals surface area contributed by atoms with Crippen LogP contribution >= 0.6 is 0 Å². The number of hydrogen-bond donors (Lipinski definition) is 1. The molecule has 152 valence electrons. The summed E-state index contributed by atoms with van der Waals surface area (Å²) in [5.74, 6) is 0. The minimum atomic E-state index is -1.77. The third-order valence-electron chi connectivity index (χ3n) is 6.82. The molecule has 1 aliphatic heterocycles. The second kappa shape index (κ2) is 7.71. The van der Waals surface area contributed by atoms with Gasteiger partial charge in [-0.25, -0.2) is 0 Å². The molecule has 0 aromatic heterocycles. The van der Waals surface area contributed by atoms with Crippen LogP contribution in [0.1, 0.15) is 43.5 Å². The third kappa shape index (κ3) is 4.05. The first-order valence-electron chi connectivity index (χ1n) is 10.7. The van der Waals surface area contributed by atoms with Gasteiger partial charge in [-0.15, -0.1) is 0 Å². The molecule has 0 saturated carbocycles. The summed E-state index contributed by atoms with van der Waals surface area (Å²) in [6.45, 7) is 12.4. The molecule has 1 aliphatic rings. The van der Waals surface area contributed by atoms with Gasteiger partial charge in [-0.05, 0) is 52.0 Å². The molecule has 29 heavy (non-hydrogen) atoms. The van der Waals surface area contributed by atoms with Gasteiger partial charge in [0, 0.05) is 12.6 Å². The van der Waals surface area contributed by atoms with Crippen LogP contribution in [0.4, 0.5) is 0 Å². The lowest BCUT2D eigenvalue weighted by Gasteiger charge is -2.39. The Labute approximate surface area is 176 Å². The first-order chi connectivity index (χ1) is 13.8. The van der Waals surface area contributed by atoms with Crippen molar-refractivity contribution >= 4 is 19.1 Å². The Balaban J connectivity index is 1.67. The lowest BCUT2D eigenvalue weighted by Crippen LogP contribution is -2.48. The molecule has 0 spiro atoms. The van der Waals surface area contributed by atoms with E-state index in [0.717, 1.165) is 13.0 Å². The van der Waals surface area contributed by atoms with Crippen molar-refractivity contribution in [2.45, 2.75) is 57.4 Å². The van der Waals surface area contributed by atoms with Gasteiger partial charge in [-0.2, -0.15) is 0 Å². The molecule has 2 atom stereocenters. The smallest absolute Gasteiger partial charge is 0.192 e. The Bertz CT molecular complexity index is 1000. The predicted molar refractivity (Wildman–Crippen MR) is 126 cm³/mol. The summed E-state index contributed by atoms with van der Waals surface area (Å²) < 4.78 is 6.60. The average molecular weight is 404 g/mol. The van der Waals surface area contributed by atoms with Crippen molar-refractivity contribution in [3.63, 3.8) is 0 Å². The molecule has 1 N–H and O–H groups in total. The fraction of sp³-hybridized carbons (Fsp3) is 0.385. The summed E-state index contributed by atoms with van der Waals surface area (Å²) in [5, 5.41) is 6.79. The van der Waals surface area contributed by atoms with Crippen molar-refractivity contribution in [3.05, 3.63) is 83.4 Å². The first-order valence-corrected chi connectivity index (χ1v) is 13.6. The van der Waals surface area contributed by atoms with Crippen molar-refractivity contribution in [1.82, 2.24) is 5.32 Å². The maximum atomic E-state index is 6.60. The summed E-state index contributed by atoms with van der Waals surface area (Å²) in [5.41, 5.74) is 4.19. The number of rotatable bonds is 4. The molecule has 0 radical (unpaired) electrons. The zero-order valence-corrected chi connectivity index (χ0v) is 19.3. The maximum absolute atomic E-state index is 6.60. The molecule has 3 heteroatoms. The van der Waals surface area contributed by atoms with E-state index >= 15 is 0 Å². The van der Waals surface area contributed by atoms with E-state index in [9.17, 15) is 0 Å². The zero-order valence-electron chi connectivity index (χ0n) is 18.3. The van der Waals surface area contributed by atoms with Gasteiger partial charge in [0.15, 0.2) is 8.32 Å². The van der Waals surface area contributed by atoms with Crippen LogP contribution < -0.4 is 5.32 Å². The van der Waals surface area contributed by atoms with Gasteiger partial charge in [0.05, 0.1) is 6.04 Å². The Hall–Kier alpha value is -1.94. The zero-order chi connectivity index (χ0) is 20.6. The fourth-order valence-corrected chi connectivity index (χ4v) is 5.09. The number of hydrogen-bond acceptors (Lipinski definition) is 2. The lowest BCUT2D eigenvalue weighted by atomic mass is 9.85. The van der Waals surface area contributed by atoms with Crippen LogP contribution in [0.5, 0.6) is 0 Å². The molecule has 0 aliphatic carbocycles. The van der Waals surface area contributed by atoms with Crippen molar-refractivity contribution < 1.29 is 4.43 Å². The molecule has 3 aromatic carbocycles. The lowest BCUT2D eigenvalue weighted by molar-refractivity contribution is 0.230. The van der Waals surface area contributed by atoms with Crippen LogP contribution in [-0.2, 0) is 10.8 Å². The van der Waals surface area contributed by atoms with Crippen molar-refractivity contribution in [2.24, 2.45) is 0 Å². The van der Waals surface area contributed by atoms with E-state index in [-0.39, 0.29) is 11.1 Å². The van der Waals surface area contributed by atoms with Crippen LogP contribution in [-0.4, -0.2) is 21.0 Å². The highest BCUT2D eigenvalue weighted by Gasteiger charge is 2.38. The van der Waals surface area contributed by atoms with Crippen LogP contribution in [0.2, 0.25) is 18.1 Å². The van der Waals surface area contributed by atoms with Crippen LogP contribution in [0, 0.1) is 0 Å². The summed E-state index contributed by atoms with van der Waals surface area (Å²) in [4.78, 5) is 0. The van der Waals surface area contributed by atoms with E-state index < -0.39 is 8.32 Å². The standard InChI is InChI=1S/C26H33NOSi/c1-26(2,3)29(4,5)28-18-21-17-20-12-7-9-15-23(20)25(27-21)24-16-10-13-19-11-6-8-14-22(19)24/h6-16,21,25,27H,17-18H2,1-5H3/t21-,25+/m0/s1. The fourth-order valence-electron chi connectivity index (χ4n) is 4.04. The van der Waals surface area contributed by atoms with Gasteiger partial charge in [0.1, 0.15) is 0 Å². The van der Waals surface area contributed by atoms with E-state index in [1.807, 2.05) is 0 Å². The van der Waals surface area contributed by atoms with Gasteiger partial charge in [-0.3, -0.25) is 0 Å². The van der Waals surface area contributed by atoms with E-state index in [1.165, 1.54) is 27.5 Å². The predicted octanol–water partition coefficient (Wildman–Crippen LogP) is 6.47. The van der Waals surface area contributed by atoms with Gasteiger partial charge >= 0.3 is 0 Å². The highest BCUT2D eigenvalue weighted by Crippen LogP contribution is 2.38. The van der Waals surface area contributed by atoms with Crippen LogP contribution in [0.3, 0.4) is 0 Å². The summed E-state index contributed by atoms with van der Waals surface area (Å²) in [6.07, 6.45) is 1.02. The van der Waals surface area contributed by atoms with Crippen LogP contribution in [0.15, 0.2) is 66.7 Å². The molecule has 1 heterocycles. The molecule has 0 saturated heterocycles. The minimum Gasteiger partial charge on any atom is -0.415 e. The summed E-state index contributed by atoms with van der Waals surface area (Å²) >= 11 is 0. The number of fused-ring (bicyclic) bond motifs is 2. The largest absolute Gasteiger partial charge is 0.415 e. The Morgan fingerprint density at radius 1 is 0.897 bits per heavy atom. The van der Waals surface area contributed by atoms with Crippen molar-refractivity contribution in [1.29, 1.82) is 0 Å². The van der Waals surface area contributed by atoms with Crippen molar-refractivity contribution in [2.75, 3.05) is 6.61 Å². The number of nitrogens with one attached hydrogen (secondary N) is 1. The number of benzene rings is 3. The Morgan fingerprint density at radius 2 is 1.55 bits per heavy atom. The summed E-state index contributed by atoms with van der Waals surface area (Å²) in [6, 6.07) is 24.7. The third-order valence-corrected chi connectivity index (χ3v) is 11.3.